The summed E-state index contributed by atoms with van der Waals surface area (Å²) in [6.45, 7) is -0.383. The van der Waals surface area contributed by atoms with Gasteiger partial charge in [-0.25, -0.2) is 4.79 Å². The first-order chi connectivity index (χ1) is 10.1. The van der Waals surface area contributed by atoms with Crippen molar-refractivity contribution in [3.8, 4) is 5.75 Å². The van der Waals surface area contributed by atoms with Gasteiger partial charge in [0.2, 0.25) is 0 Å². The number of benzene rings is 1. The highest BCUT2D eigenvalue weighted by Gasteiger charge is 2.13. The Morgan fingerprint density at radius 3 is 2.67 bits per heavy atom. The summed E-state index contributed by atoms with van der Waals surface area (Å²) in [5, 5.41) is 2.61. The predicted molar refractivity (Wildman–Crippen MR) is 81.2 cm³/mol. The number of thiophene rings is 1. The number of amides is 1. The van der Waals surface area contributed by atoms with E-state index in [2.05, 4.69) is 5.32 Å². The summed E-state index contributed by atoms with van der Waals surface area (Å²) in [5.41, 5.74) is 0.514. The van der Waals surface area contributed by atoms with Crippen LogP contribution in [0.4, 0.5) is 5.69 Å². The number of methoxy groups -OCH3 is 1. The SMILES string of the molecule is COc1ccccc1NC(=O)COC(=O)c1ccc(Cl)s1. The van der Waals surface area contributed by atoms with E-state index < -0.39 is 11.9 Å². The maximum Gasteiger partial charge on any atom is 0.348 e. The first kappa shape index (κ1) is 15.3. The van der Waals surface area contributed by atoms with Crippen molar-refractivity contribution in [3.63, 3.8) is 0 Å². The zero-order valence-electron chi connectivity index (χ0n) is 11.1. The Balaban J connectivity index is 1.89. The van der Waals surface area contributed by atoms with Crippen LogP contribution >= 0.6 is 22.9 Å². The van der Waals surface area contributed by atoms with Gasteiger partial charge in [-0.05, 0) is 24.3 Å². The van der Waals surface area contributed by atoms with Gasteiger partial charge in [0, 0.05) is 0 Å². The van der Waals surface area contributed by atoms with Crippen molar-refractivity contribution in [2.75, 3.05) is 19.0 Å². The summed E-state index contributed by atoms with van der Waals surface area (Å²) in [4.78, 5) is 23.8. The normalized spacial score (nSPS) is 10.0. The summed E-state index contributed by atoms with van der Waals surface area (Å²) < 4.78 is 10.5. The molecule has 0 spiro atoms. The highest BCUT2D eigenvalue weighted by Crippen LogP contribution is 2.23. The van der Waals surface area contributed by atoms with Crippen molar-refractivity contribution < 1.29 is 19.1 Å². The van der Waals surface area contributed by atoms with Crippen LogP contribution in [0.15, 0.2) is 36.4 Å². The molecule has 1 amide bonds. The van der Waals surface area contributed by atoms with Crippen molar-refractivity contribution in [2.24, 2.45) is 0 Å². The molecular formula is C14H12ClNO4S. The summed E-state index contributed by atoms with van der Waals surface area (Å²) in [5.74, 6) is -0.500. The Labute approximate surface area is 130 Å². The van der Waals surface area contributed by atoms with Crippen LogP contribution in [-0.2, 0) is 9.53 Å². The molecule has 0 radical (unpaired) electrons. The summed E-state index contributed by atoms with van der Waals surface area (Å²) in [7, 11) is 1.51. The highest BCUT2D eigenvalue weighted by molar-refractivity contribution is 7.17. The second kappa shape index (κ2) is 7.10. The molecule has 0 fully saturated rings. The van der Waals surface area contributed by atoms with Crippen LogP contribution < -0.4 is 10.1 Å². The molecule has 0 aliphatic carbocycles. The van der Waals surface area contributed by atoms with Crippen LogP contribution in [0.3, 0.4) is 0 Å². The average molecular weight is 326 g/mol. The zero-order chi connectivity index (χ0) is 15.2. The van der Waals surface area contributed by atoms with Gasteiger partial charge < -0.3 is 14.8 Å². The molecule has 21 heavy (non-hydrogen) atoms. The van der Waals surface area contributed by atoms with Gasteiger partial charge in [0.15, 0.2) is 6.61 Å². The maximum atomic E-state index is 11.8. The Morgan fingerprint density at radius 2 is 2.00 bits per heavy atom. The van der Waals surface area contributed by atoms with Crippen molar-refractivity contribution in [3.05, 3.63) is 45.6 Å². The van der Waals surface area contributed by atoms with Gasteiger partial charge >= 0.3 is 5.97 Å². The minimum atomic E-state index is -0.581. The van der Waals surface area contributed by atoms with Gasteiger partial charge in [-0.2, -0.15) is 0 Å². The van der Waals surface area contributed by atoms with Gasteiger partial charge in [-0.15, -0.1) is 11.3 Å². The number of para-hydroxylation sites is 2. The average Bonchev–Trinajstić information content (AvgIpc) is 2.92. The first-order valence-corrected chi connectivity index (χ1v) is 7.15. The largest absolute Gasteiger partial charge is 0.495 e. The molecule has 1 heterocycles. The van der Waals surface area contributed by atoms with Gasteiger partial charge in [-0.3, -0.25) is 4.79 Å². The number of hydrogen-bond acceptors (Lipinski definition) is 5. The van der Waals surface area contributed by atoms with E-state index in [-0.39, 0.29) is 6.61 Å². The number of esters is 1. The molecular weight excluding hydrogens is 314 g/mol. The van der Waals surface area contributed by atoms with E-state index in [4.69, 9.17) is 21.1 Å². The van der Waals surface area contributed by atoms with Crippen LogP contribution in [0.25, 0.3) is 0 Å². The molecule has 0 aliphatic heterocycles. The van der Waals surface area contributed by atoms with E-state index in [1.165, 1.54) is 7.11 Å². The van der Waals surface area contributed by atoms with Crippen molar-refractivity contribution in [2.45, 2.75) is 0 Å². The van der Waals surface area contributed by atoms with Crippen LogP contribution in [0.5, 0.6) is 5.75 Å². The zero-order valence-corrected chi connectivity index (χ0v) is 12.7. The number of anilines is 1. The smallest absolute Gasteiger partial charge is 0.348 e. The lowest BCUT2D eigenvalue weighted by atomic mass is 10.3. The highest BCUT2D eigenvalue weighted by atomic mass is 35.5. The topological polar surface area (TPSA) is 64.6 Å². The van der Waals surface area contributed by atoms with Crippen LogP contribution in [0.2, 0.25) is 4.34 Å². The maximum absolute atomic E-state index is 11.8. The van der Waals surface area contributed by atoms with Crippen molar-refractivity contribution in [1.82, 2.24) is 0 Å². The molecule has 7 heteroatoms. The third kappa shape index (κ3) is 4.21. The molecule has 0 atom stereocenters. The van der Waals surface area contributed by atoms with E-state index in [1.54, 1.807) is 36.4 Å². The number of ether oxygens (including phenoxy) is 2. The molecule has 0 aliphatic rings. The monoisotopic (exact) mass is 325 g/mol. The quantitative estimate of drug-likeness (QED) is 0.857. The number of hydrogen-bond donors (Lipinski definition) is 1. The summed E-state index contributed by atoms with van der Waals surface area (Å²) >= 11 is 6.82. The van der Waals surface area contributed by atoms with Crippen molar-refractivity contribution in [1.29, 1.82) is 0 Å². The Hall–Kier alpha value is -2.05. The standard InChI is InChI=1S/C14H12ClNO4S/c1-19-10-5-3-2-4-9(10)16-13(17)8-20-14(18)11-6-7-12(15)21-11/h2-7H,8H2,1H3,(H,16,17). The predicted octanol–water partition coefficient (Wildman–Crippen LogP) is 3.21. The summed E-state index contributed by atoms with van der Waals surface area (Å²) in [6.07, 6.45) is 0. The molecule has 1 N–H and O–H groups in total. The van der Waals surface area contributed by atoms with E-state index in [0.717, 1.165) is 11.3 Å². The minimum absolute atomic E-state index is 0.352. The van der Waals surface area contributed by atoms with Crippen LogP contribution in [-0.4, -0.2) is 25.6 Å². The molecule has 2 aromatic rings. The lowest BCUT2D eigenvalue weighted by Crippen LogP contribution is -2.20. The number of rotatable bonds is 5. The minimum Gasteiger partial charge on any atom is -0.495 e. The number of carbonyl (C=O) groups excluding carboxylic acids is 2. The molecule has 0 saturated carbocycles. The fraction of sp³-hybridized carbons (Fsp3) is 0.143. The molecule has 1 aromatic heterocycles. The van der Waals surface area contributed by atoms with Crippen molar-refractivity contribution >= 4 is 40.5 Å². The second-order valence-corrected chi connectivity index (χ2v) is 5.64. The van der Waals surface area contributed by atoms with E-state index in [9.17, 15) is 9.59 Å². The number of nitrogens with one attached hydrogen (secondary N) is 1. The van der Waals surface area contributed by atoms with E-state index >= 15 is 0 Å². The fourth-order valence-electron chi connectivity index (χ4n) is 1.56. The summed E-state index contributed by atoms with van der Waals surface area (Å²) in [6, 6.07) is 10.1. The number of carbonyl (C=O) groups is 2. The Bertz CT molecular complexity index is 656. The lowest BCUT2D eigenvalue weighted by Gasteiger charge is -2.09. The molecule has 110 valence electrons. The third-order valence-electron chi connectivity index (χ3n) is 2.49. The van der Waals surface area contributed by atoms with Gasteiger partial charge in [0.25, 0.3) is 5.91 Å². The third-order valence-corrected chi connectivity index (χ3v) is 3.70. The van der Waals surface area contributed by atoms with Gasteiger partial charge in [-0.1, -0.05) is 23.7 Å². The Kier molecular flexibility index (Phi) is 5.19. The van der Waals surface area contributed by atoms with Crippen LogP contribution in [0, 0.1) is 0 Å². The van der Waals surface area contributed by atoms with Gasteiger partial charge in [0.05, 0.1) is 17.1 Å². The van der Waals surface area contributed by atoms with E-state index in [1.807, 2.05) is 0 Å². The lowest BCUT2D eigenvalue weighted by molar-refractivity contribution is -0.119. The molecule has 0 saturated heterocycles. The van der Waals surface area contributed by atoms with Crippen LogP contribution in [0.1, 0.15) is 9.67 Å². The number of halogens is 1. The van der Waals surface area contributed by atoms with Gasteiger partial charge in [0.1, 0.15) is 10.6 Å². The van der Waals surface area contributed by atoms with E-state index in [0.29, 0.717) is 20.7 Å². The Morgan fingerprint density at radius 1 is 1.24 bits per heavy atom. The fourth-order valence-corrected chi connectivity index (χ4v) is 2.50. The molecule has 0 unspecified atom stereocenters. The molecule has 2 rings (SSSR count). The molecule has 5 nitrogen and oxygen atoms in total. The second-order valence-electron chi connectivity index (χ2n) is 3.93. The first-order valence-electron chi connectivity index (χ1n) is 5.95. The molecule has 1 aromatic carbocycles. The molecule has 0 bridgehead atoms.